The Bertz CT molecular complexity index is 1160. The van der Waals surface area contributed by atoms with Crippen molar-refractivity contribution in [3.05, 3.63) is 84.4 Å². The van der Waals surface area contributed by atoms with Gasteiger partial charge in [-0.2, -0.15) is 0 Å². The first kappa shape index (κ1) is 22.4. The molecule has 0 fully saturated rings. The van der Waals surface area contributed by atoms with Gasteiger partial charge < -0.3 is 9.80 Å². The molecule has 0 aromatic heterocycles. The molecule has 32 heavy (non-hydrogen) atoms. The van der Waals surface area contributed by atoms with E-state index in [4.69, 9.17) is 0 Å². The van der Waals surface area contributed by atoms with Crippen molar-refractivity contribution in [1.29, 1.82) is 0 Å². The van der Waals surface area contributed by atoms with Crippen molar-refractivity contribution >= 4 is 27.1 Å². The highest BCUT2D eigenvalue weighted by molar-refractivity contribution is 7.93. The van der Waals surface area contributed by atoms with E-state index >= 15 is 0 Å². The average molecular weight is 450 g/mol. The van der Waals surface area contributed by atoms with E-state index in [0.29, 0.717) is 16.6 Å². The van der Waals surface area contributed by atoms with Gasteiger partial charge in [-0.1, -0.05) is 54.6 Å². The van der Waals surface area contributed by atoms with Gasteiger partial charge >= 0.3 is 0 Å². The van der Waals surface area contributed by atoms with Crippen LogP contribution < -0.4 is 9.21 Å². The first-order chi connectivity index (χ1) is 15.4. The van der Waals surface area contributed by atoms with E-state index in [9.17, 15) is 8.42 Å². The van der Waals surface area contributed by atoms with E-state index < -0.39 is 10.0 Å². The molecule has 1 atom stereocenters. The van der Waals surface area contributed by atoms with Gasteiger partial charge in [-0.15, -0.1) is 0 Å². The largest absolute Gasteiger partial charge is 0.339 e. The minimum absolute atomic E-state index is 0.351. The molecule has 0 amide bonds. The summed E-state index contributed by atoms with van der Waals surface area (Å²) < 4.78 is 27.9. The van der Waals surface area contributed by atoms with E-state index in [-0.39, 0.29) is 0 Å². The minimum atomic E-state index is -3.61. The fourth-order valence-corrected chi connectivity index (χ4v) is 5.72. The van der Waals surface area contributed by atoms with Crippen molar-refractivity contribution in [2.45, 2.75) is 30.7 Å². The van der Waals surface area contributed by atoms with Crippen LogP contribution in [0.3, 0.4) is 0 Å². The molecule has 0 N–H and O–H groups in total. The summed E-state index contributed by atoms with van der Waals surface area (Å²) in [5.41, 5.74) is 3.71. The summed E-state index contributed by atoms with van der Waals surface area (Å²) >= 11 is 0. The molecule has 0 saturated carbocycles. The second kappa shape index (κ2) is 9.35. The Morgan fingerprint density at radius 1 is 0.844 bits per heavy atom. The number of rotatable bonds is 7. The van der Waals surface area contributed by atoms with Gasteiger partial charge in [0, 0.05) is 19.6 Å². The van der Waals surface area contributed by atoms with E-state index in [1.807, 2.05) is 42.5 Å². The number of hydrogen-bond donors (Lipinski definition) is 0. The fourth-order valence-electron chi connectivity index (χ4n) is 4.31. The number of para-hydroxylation sites is 3. The highest BCUT2D eigenvalue weighted by Gasteiger charge is 2.33. The quantitative estimate of drug-likeness (QED) is 0.514. The molecule has 3 aromatic carbocycles. The predicted molar refractivity (Wildman–Crippen MR) is 132 cm³/mol. The van der Waals surface area contributed by atoms with E-state index in [0.717, 1.165) is 37.3 Å². The Balaban J connectivity index is 1.54. The lowest BCUT2D eigenvalue weighted by molar-refractivity contribution is 0.254. The third-order valence-corrected chi connectivity index (χ3v) is 8.14. The van der Waals surface area contributed by atoms with Gasteiger partial charge in [0.15, 0.2) is 0 Å². The van der Waals surface area contributed by atoms with Gasteiger partial charge in [-0.05, 0) is 63.2 Å². The van der Waals surface area contributed by atoms with Crippen LogP contribution in [-0.2, 0) is 16.4 Å². The zero-order valence-corrected chi connectivity index (χ0v) is 19.8. The molecule has 0 radical (unpaired) electrons. The van der Waals surface area contributed by atoms with Gasteiger partial charge in [0.05, 0.1) is 17.1 Å². The maximum absolute atomic E-state index is 13.3. The number of anilines is 3. The lowest BCUT2D eigenvalue weighted by Gasteiger charge is -2.29. The fraction of sp³-hybridized carbons (Fsp3) is 0.308. The Kier molecular flexibility index (Phi) is 6.53. The zero-order chi connectivity index (χ0) is 22.7. The first-order valence-electron chi connectivity index (χ1n) is 11.1. The van der Waals surface area contributed by atoms with Crippen LogP contribution in [0.25, 0.3) is 0 Å². The summed E-state index contributed by atoms with van der Waals surface area (Å²) in [7, 11) is 0.184. The summed E-state index contributed by atoms with van der Waals surface area (Å²) in [4.78, 5) is 4.89. The topological polar surface area (TPSA) is 43.9 Å². The second-order valence-electron chi connectivity index (χ2n) is 8.45. The van der Waals surface area contributed by atoms with Crippen molar-refractivity contribution < 1.29 is 8.42 Å². The third-order valence-electron chi connectivity index (χ3n) is 6.33. The van der Waals surface area contributed by atoms with E-state index in [1.54, 1.807) is 19.2 Å². The van der Waals surface area contributed by atoms with Crippen LogP contribution in [0, 0.1) is 0 Å². The molecule has 6 heteroatoms. The van der Waals surface area contributed by atoms with Crippen LogP contribution in [0.15, 0.2) is 83.8 Å². The Hall–Kier alpha value is -2.83. The molecule has 1 unspecified atom stereocenters. The Morgan fingerprint density at radius 3 is 2.16 bits per heavy atom. The first-order valence-corrected chi connectivity index (χ1v) is 12.5. The lowest BCUT2D eigenvalue weighted by atomic mass is 10.1. The molecule has 1 heterocycles. The van der Waals surface area contributed by atoms with E-state index in [1.165, 1.54) is 9.87 Å². The molecule has 0 spiro atoms. The van der Waals surface area contributed by atoms with Gasteiger partial charge in [-0.25, -0.2) is 8.42 Å². The number of sulfonamides is 1. The number of likely N-dealkylation sites (N-methyl/N-ethyl adjacent to an activating group) is 1. The van der Waals surface area contributed by atoms with Crippen molar-refractivity contribution in [2.75, 3.05) is 36.4 Å². The predicted octanol–water partition coefficient (Wildman–Crippen LogP) is 4.92. The summed E-state index contributed by atoms with van der Waals surface area (Å²) in [5, 5.41) is 0. The summed E-state index contributed by atoms with van der Waals surface area (Å²) in [5.74, 6) is 0. The Morgan fingerprint density at radius 2 is 1.44 bits per heavy atom. The SMILES string of the molecule is CC(Cc1ccccc1)N(C)CCCN1c2ccccc2N(C)S(=O)(=O)c2ccccc21. The monoisotopic (exact) mass is 449 g/mol. The molecule has 0 aliphatic carbocycles. The average Bonchev–Trinajstić information content (AvgIpc) is 2.88. The normalized spacial score (nSPS) is 15.8. The third kappa shape index (κ3) is 4.38. The molecule has 5 nitrogen and oxygen atoms in total. The van der Waals surface area contributed by atoms with E-state index in [2.05, 4.69) is 48.0 Å². The summed E-state index contributed by atoms with van der Waals surface area (Å²) in [6.07, 6.45) is 1.93. The second-order valence-corrected chi connectivity index (χ2v) is 10.4. The summed E-state index contributed by atoms with van der Waals surface area (Å²) in [6, 6.07) is 26.0. The van der Waals surface area contributed by atoms with Crippen LogP contribution in [0.1, 0.15) is 18.9 Å². The van der Waals surface area contributed by atoms with Crippen LogP contribution >= 0.6 is 0 Å². The van der Waals surface area contributed by atoms with Crippen LogP contribution in [0.5, 0.6) is 0 Å². The van der Waals surface area contributed by atoms with Crippen molar-refractivity contribution in [1.82, 2.24) is 4.90 Å². The number of benzene rings is 3. The standard InChI is InChI=1S/C26H31N3O2S/c1-21(20-22-12-5-4-6-13-22)27(2)18-11-19-29-24-15-8-7-14-23(24)28(3)32(30,31)26-17-10-9-16-25(26)29/h4-10,12-17,21H,11,18-20H2,1-3H3. The Labute approximate surface area is 191 Å². The van der Waals surface area contributed by atoms with Crippen molar-refractivity contribution in [3.8, 4) is 0 Å². The van der Waals surface area contributed by atoms with Crippen LogP contribution in [0.2, 0.25) is 0 Å². The number of hydrogen-bond acceptors (Lipinski definition) is 4. The lowest BCUT2D eigenvalue weighted by Crippen LogP contribution is -2.33. The molecule has 168 valence electrons. The summed E-state index contributed by atoms with van der Waals surface area (Å²) in [6.45, 7) is 3.92. The highest BCUT2D eigenvalue weighted by atomic mass is 32.2. The molecule has 1 aliphatic rings. The molecule has 3 aromatic rings. The molecule has 0 bridgehead atoms. The zero-order valence-electron chi connectivity index (χ0n) is 19.0. The van der Waals surface area contributed by atoms with Crippen molar-refractivity contribution in [2.24, 2.45) is 0 Å². The van der Waals surface area contributed by atoms with Crippen LogP contribution in [-0.4, -0.2) is 46.5 Å². The maximum atomic E-state index is 13.3. The molecule has 1 aliphatic heterocycles. The smallest absolute Gasteiger partial charge is 0.266 e. The molecular weight excluding hydrogens is 418 g/mol. The molecule has 4 rings (SSSR count). The van der Waals surface area contributed by atoms with Gasteiger partial charge in [0.2, 0.25) is 0 Å². The highest BCUT2D eigenvalue weighted by Crippen LogP contribution is 2.43. The molecule has 0 saturated heterocycles. The minimum Gasteiger partial charge on any atom is -0.339 e. The van der Waals surface area contributed by atoms with Crippen LogP contribution in [0.4, 0.5) is 17.1 Å². The van der Waals surface area contributed by atoms with Crippen molar-refractivity contribution in [3.63, 3.8) is 0 Å². The van der Waals surface area contributed by atoms with Gasteiger partial charge in [0.25, 0.3) is 10.0 Å². The molecular formula is C26H31N3O2S. The van der Waals surface area contributed by atoms with Gasteiger partial charge in [0.1, 0.15) is 4.90 Å². The number of fused-ring (bicyclic) bond motifs is 2. The maximum Gasteiger partial charge on any atom is 0.266 e. The number of nitrogens with zero attached hydrogens (tertiary/aromatic N) is 3. The van der Waals surface area contributed by atoms with Gasteiger partial charge in [-0.3, -0.25) is 4.31 Å².